The van der Waals surface area contributed by atoms with Crippen LogP contribution in [0.5, 0.6) is 0 Å². The standard InChI is InChI=1S/C48H43N2O7P/c1-3-55-47(53)34(2)56-45-41(49-43(51)37-26-14-6-15-27-37)44(52)50(45)46(48(54)57-42(35-22-10-4-11-23-35)36-24-12-5-13-25-36)58(38-28-16-7-17-29-38,39-30-18-8-19-31-39)40-32-20-9-21-33-40/h4-34,41-42,45H,3H2,1-2H3,(H,49,51)/t34-,41+,45-/m1/s1. The molecule has 0 bridgehead atoms. The van der Waals surface area contributed by atoms with E-state index in [1.807, 2.05) is 152 Å². The van der Waals surface area contributed by atoms with Gasteiger partial charge in [0.2, 0.25) is 0 Å². The second kappa shape index (κ2) is 18.2. The van der Waals surface area contributed by atoms with E-state index >= 15 is 9.59 Å². The third-order valence-electron chi connectivity index (χ3n) is 9.92. The van der Waals surface area contributed by atoms with Gasteiger partial charge in [0.1, 0.15) is 5.42 Å². The van der Waals surface area contributed by atoms with Crippen LogP contribution in [0.15, 0.2) is 182 Å². The number of benzene rings is 6. The van der Waals surface area contributed by atoms with Crippen LogP contribution >= 0.6 is 6.89 Å². The zero-order valence-corrected chi connectivity index (χ0v) is 33.0. The van der Waals surface area contributed by atoms with Gasteiger partial charge < -0.3 is 19.5 Å². The summed E-state index contributed by atoms with van der Waals surface area (Å²) < 4.78 is 18.5. The number of amides is 2. The van der Waals surface area contributed by atoms with Gasteiger partial charge in [-0.1, -0.05) is 170 Å². The van der Waals surface area contributed by atoms with Crippen molar-refractivity contribution in [3.05, 3.63) is 199 Å². The molecule has 7 rings (SSSR count). The second-order valence-corrected chi connectivity index (χ2v) is 16.9. The van der Waals surface area contributed by atoms with Crippen LogP contribution in [-0.4, -0.2) is 59.1 Å². The fourth-order valence-corrected chi connectivity index (χ4v) is 11.6. The fraction of sp³-hybridized carbons (Fsp3) is 0.146. The molecule has 0 unspecified atom stereocenters. The molecule has 6 aromatic rings. The summed E-state index contributed by atoms with van der Waals surface area (Å²) in [7, 11) is 0. The van der Waals surface area contributed by atoms with Crippen LogP contribution in [0.2, 0.25) is 0 Å². The van der Waals surface area contributed by atoms with Crippen LogP contribution in [0.3, 0.4) is 0 Å². The Kier molecular flexibility index (Phi) is 12.4. The molecule has 0 radical (unpaired) electrons. The van der Waals surface area contributed by atoms with Crippen LogP contribution < -0.4 is 21.2 Å². The Morgan fingerprint density at radius 2 is 1.05 bits per heavy atom. The summed E-state index contributed by atoms with van der Waals surface area (Å²) in [5, 5.41) is 5.12. The van der Waals surface area contributed by atoms with Gasteiger partial charge in [0, 0.05) is 12.4 Å². The number of likely N-dealkylation sites (tertiary alicyclic amines) is 1. The molecule has 0 aromatic heterocycles. The maximum absolute atomic E-state index is 15.8. The van der Waals surface area contributed by atoms with Crippen molar-refractivity contribution < 1.29 is 33.4 Å². The summed E-state index contributed by atoms with van der Waals surface area (Å²) in [6.45, 7) is -0.116. The molecule has 9 nitrogen and oxygen atoms in total. The molecular formula is C48H43N2O7P. The third kappa shape index (κ3) is 8.00. The van der Waals surface area contributed by atoms with E-state index in [-0.39, 0.29) is 12.0 Å². The Hall–Kier alpha value is -6.54. The first kappa shape index (κ1) is 39.7. The highest BCUT2D eigenvalue weighted by Gasteiger charge is 2.56. The number of nitrogens with zero attached hydrogens (tertiary/aromatic N) is 1. The highest BCUT2D eigenvalue weighted by atomic mass is 31.2. The van der Waals surface area contributed by atoms with Gasteiger partial charge >= 0.3 is 11.9 Å². The zero-order chi connectivity index (χ0) is 40.5. The summed E-state index contributed by atoms with van der Waals surface area (Å²) >= 11 is 0. The number of rotatable bonds is 14. The molecule has 6 aromatic carbocycles. The van der Waals surface area contributed by atoms with Crippen LogP contribution in [0, 0.1) is 0 Å². The van der Waals surface area contributed by atoms with E-state index in [1.54, 1.807) is 37.3 Å². The van der Waals surface area contributed by atoms with Gasteiger partial charge in [-0.3, -0.25) is 14.5 Å². The normalized spacial score (nSPS) is 15.5. The van der Waals surface area contributed by atoms with Crippen LogP contribution in [-0.2, 0) is 28.6 Å². The lowest BCUT2D eigenvalue weighted by Crippen LogP contribution is -2.75. The molecule has 58 heavy (non-hydrogen) atoms. The van der Waals surface area contributed by atoms with E-state index in [2.05, 4.69) is 5.32 Å². The van der Waals surface area contributed by atoms with Gasteiger partial charge in [0.15, 0.2) is 24.5 Å². The van der Waals surface area contributed by atoms with Crippen LogP contribution in [0.1, 0.15) is 41.4 Å². The largest absolute Gasteiger partial charge is 0.464 e. The maximum atomic E-state index is 15.8. The summed E-state index contributed by atoms with van der Waals surface area (Å²) in [6.07, 6.45) is -3.39. The van der Waals surface area contributed by atoms with E-state index in [9.17, 15) is 9.59 Å². The molecule has 1 fully saturated rings. The fourth-order valence-electron chi connectivity index (χ4n) is 7.21. The minimum atomic E-state index is -3.42. The number of esters is 2. The predicted octanol–water partition coefficient (Wildman–Crippen LogP) is 6.38. The Labute approximate surface area is 338 Å². The summed E-state index contributed by atoms with van der Waals surface area (Å²) in [4.78, 5) is 59.0. The Balaban J connectivity index is 1.52. The molecular weight excluding hydrogens is 748 g/mol. The Bertz CT molecular complexity index is 2260. The van der Waals surface area contributed by atoms with Crippen molar-refractivity contribution in [3.8, 4) is 0 Å². The van der Waals surface area contributed by atoms with E-state index in [0.29, 0.717) is 5.56 Å². The van der Waals surface area contributed by atoms with Crippen molar-refractivity contribution in [2.45, 2.75) is 38.3 Å². The lowest BCUT2D eigenvalue weighted by molar-refractivity contribution is -0.189. The molecule has 1 aliphatic rings. The van der Waals surface area contributed by atoms with Crippen molar-refractivity contribution in [3.63, 3.8) is 0 Å². The Morgan fingerprint density at radius 3 is 1.48 bits per heavy atom. The van der Waals surface area contributed by atoms with E-state index < -0.39 is 55.1 Å². The SMILES string of the molecule is CCOC(=O)[C@@H](C)O[C@@H]1[C@@H](NC(=O)c2ccccc2)C(=O)N1C(C(=O)OC(c1ccccc1)c1ccccc1)=P(c1ccccc1)(c1ccccc1)c1ccccc1. The molecule has 0 aliphatic carbocycles. The van der Waals surface area contributed by atoms with Crippen LogP contribution in [0.4, 0.5) is 0 Å². The second-order valence-electron chi connectivity index (χ2n) is 13.6. The van der Waals surface area contributed by atoms with Crippen molar-refractivity contribution in [1.82, 2.24) is 10.2 Å². The van der Waals surface area contributed by atoms with Gasteiger partial charge in [-0.2, -0.15) is 0 Å². The van der Waals surface area contributed by atoms with Gasteiger partial charge in [0.25, 0.3) is 11.8 Å². The number of hydrogen-bond donors (Lipinski definition) is 1. The smallest absolute Gasteiger partial charge is 0.357 e. The number of carbonyl (C=O) groups is 4. The first-order valence-corrected chi connectivity index (χ1v) is 20.9. The maximum Gasteiger partial charge on any atom is 0.357 e. The van der Waals surface area contributed by atoms with Crippen molar-refractivity contribution in [2.75, 3.05) is 6.61 Å². The molecule has 1 saturated heterocycles. The molecule has 1 N–H and O–H groups in total. The lowest BCUT2D eigenvalue weighted by Gasteiger charge is -2.49. The van der Waals surface area contributed by atoms with E-state index in [4.69, 9.17) is 14.2 Å². The first-order chi connectivity index (χ1) is 28.3. The summed E-state index contributed by atoms with van der Waals surface area (Å²) in [5.74, 6) is -2.58. The minimum absolute atomic E-state index is 0.0178. The zero-order valence-electron chi connectivity index (χ0n) is 32.1. The predicted molar refractivity (Wildman–Crippen MR) is 226 cm³/mol. The molecule has 1 aliphatic heterocycles. The van der Waals surface area contributed by atoms with Crippen molar-refractivity contribution >= 4 is 52.0 Å². The number of ether oxygens (including phenoxy) is 3. The average Bonchev–Trinajstić information content (AvgIpc) is 3.28. The number of carbonyl (C=O) groups excluding carboxylic acids is 4. The van der Waals surface area contributed by atoms with Gasteiger partial charge in [-0.15, -0.1) is 0 Å². The molecule has 0 spiro atoms. The topological polar surface area (TPSA) is 111 Å². The molecule has 292 valence electrons. The van der Waals surface area contributed by atoms with Gasteiger partial charge in [-0.25, -0.2) is 9.59 Å². The first-order valence-electron chi connectivity index (χ1n) is 19.1. The molecule has 3 atom stereocenters. The molecule has 1 heterocycles. The Morgan fingerprint density at radius 1 is 0.638 bits per heavy atom. The third-order valence-corrected chi connectivity index (χ3v) is 14.2. The summed E-state index contributed by atoms with van der Waals surface area (Å²) in [6, 6.07) is 54.7. The monoisotopic (exact) mass is 790 g/mol. The quantitative estimate of drug-likeness (QED) is 0.0775. The molecule has 2 amide bonds. The lowest BCUT2D eigenvalue weighted by atomic mass is 10.0. The average molecular weight is 791 g/mol. The number of nitrogens with one attached hydrogen (secondary N) is 1. The molecule has 10 heteroatoms. The highest BCUT2D eigenvalue weighted by Crippen LogP contribution is 2.49. The van der Waals surface area contributed by atoms with Crippen LogP contribution in [0.25, 0.3) is 0 Å². The molecule has 0 saturated carbocycles. The van der Waals surface area contributed by atoms with Crippen molar-refractivity contribution in [1.29, 1.82) is 0 Å². The van der Waals surface area contributed by atoms with Crippen molar-refractivity contribution in [2.24, 2.45) is 0 Å². The summed E-state index contributed by atoms with van der Waals surface area (Å²) in [5.41, 5.74) is 1.78. The number of β-lactam (4-membered cyclic amide) rings is 1. The van der Waals surface area contributed by atoms with E-state index in [1.165, 1.54) is 11.8 Å². The highest BCUT2D eigenvalue weighted by molar-refractivity contribution is 7.96. The minimum Gasteiger partial charge on any atom is -0.464 e. The van der Waals surface area contributed by atoms with E-state index in [0.717, 1.165) is 27.0 Å². The van der Waals surface area contributed by atoms with Gasteiger partial charge in [-0.05, 0) is 53.0 Å². The van der Waals surface area contributed by atoms with Gasteiger partial charge in [0.05, 0.1) is 6.61 Å². The number of hydrogen-bond acceptors (Lipinski definition) is 7.